The van der Waals surface area contributed by atoms with E-state index in [1.54, 1.807) is 17.6 Å². The molecule has 148 valence electrons. The Morgan fingerprint density at radius 3 is 2.37 bits per heavy atom. The van der Waals surface area contributed by atoms with Crippen molar-refractivity contribution in [2.75, 3.05) is 25.5 Å². The van der Waals surface area contributed by atoms with Crippen molar-refractivity contribution in [2.24, 2.45) is 0 Å². The third kappa shape index (κ3) is 5.66. The van der Waals surface area contributed by atoms with Crippen molar-refractivity contribution in [1.82, 2.24) is 10.2 Å². The number of hydroxylamine groups is 1. The zero-order valence-corrected chi connectivity index (χ0v) is 16.6. The molecule has 0 fully saturated rings. The Bertz CT molecular complexity index is 882. The van der Waals surface area contributed by atoms with Gasteiger partial charge in [0.15, 0.2) is 0 Å². The van der Waals surface area contributed by atoms with Crippen LogP contribution in [0, 0.1) is 0 Å². The van der Waals surface area contributed by atoms with Crippen LogP contribution in [0.1, 0.15) is 32.1 Å². The first-order valence-corrected chi connectivity index (χ1v) is 10.5. The molecule has 0 heterocycles. The minimum atomic E-state index is -3.61. The van der Waals surface area contributed by atoms with Crippen LogP contribution in [0.15, 0.2) is 41.3 Å². The van der Waals surface area contributed by atoms with Gasteiger partial charge in [-0.3, -0.25) is 10.0 Å². The Labute approximate surface area is 160 Å². The lowest BCUT2D eigenvalue weighted by Gasteiger charge is -2.17. The number of benzene rings is 2. The molecule has 27 heavy (non-hydrogen) atoms. The maximum atomic E-state index is 12.7. The van der Waals surface area contributed by atoms with Crippen molar-refractivity contribution in [3.63, 3.8) is 0 Å². The number of hydrogen-bond acceptors (Lipinski definition) is 5. The predicted molar refractivity (Wildman–Crippen MR) is 106 cm³/mol. The molecule has 0 aliphatic rings. The van der Waals surface area contributed by atoms with Gasteiger partial charge >= 0.3 is 0 Å². The molecule has 0 radical (unpaired) electrons. The van der Waals surface area contributed by atoms with E-state index in [9.17, 15) is 13.2 Å². The molecule has 0 atom stereocenters. The SMILES string of the molecule is CN(C)c1cccc2c(S(=O)(=O)NCCCCCCC(=O)NO)cccc12. The van der Waals surface area contributed by atoms with E-state index in [1.807, 2.05) is 43.3 Å². The fraction of sp³-hybridized carbons (Fsp3) is 0.421. The Kier molecular flexibility index (Phi) is 7.58. The molecule has 8 heteroatoms. The van der Waals surface area contributed by atoms with Gasteiger partial charge in [-0.2, -0.15) is 0 Å². The van der Waals surface area contributed by atoms with Gasteiger partial charge in [0, 0.05) is 43.5 Å². The molecule has 0 saturated heterocycles. The second-order valence-corrected chi connectivity index (χ2v) is 8.36. The van der Waals surface area contributed by atoms with Crippen LogP contribution in [-0.2, 0) is 14.8 Å². The molecule has 2 aromatic carbocycles. The van der Waals surface area contributed by atoms with Gasteiger partial charge in [-0.15, -0.1) is 0 Å². The minimum absolute atomic E-state index is 0.270. The molecule has 2 aromatic rings. The molecule has 0 aliphatic carbocycles. The van der Waals surface area contributed by atoms with Crippen LogP contribution < -0.4 is 15.1 Å². The average molecular weight is 394 g/mol. The number of carbonyl (C=O) groups excluding carboxylic acids is 1. The van der Waals surface area contributed by atoms with E-state index in [0.717, 1.165) is 23.9 Å². The van der Waals surface area contributed by atoms with Crippen LogP contribution in [0.3, 0.4) is 0 Å². The minimum Gasteiger partial charge on any atom is -0.377 e. The number of amides is 1. The smallest absolute Gasteiger partial charge is 0.243 e. The standard InChI is InChI=1S/C19H27N3O4S/c1-22(2)17-11-7-10-16-15(17)9-8-12-18(16)27(25,26)20-14-6-4-3-5-13-19(23)21-24/h7-12,20,24H,3-6,13-14H2,1-2H3,(H,21,23). The van der Waals surface area contributed by atoms with Gasteiger partial charge in [-0.25, -0.2) is 18.6 Å². The predicted octanol–water partition coefficient (Wildman–Crippen LogP) is 2.64. The van der Waals surface area contributed by atoms with Gasteiger partial charge in [-0.05, 0) is 25.0 Å². The molecule has 0 bridgehead atoms. The maximum absolute atomic E-state index is 12.7. The number of sulfonamides is 1. The molecule has 7 nitrogen and oxygen atoms in total. The summed E-state index contributed by atoms with van der Waals surface area (Å²) in [4.78, 5) is 13.1. The number of carbonyl (C=O) groups is 1. The highest BCUT2D eigenvalue weighted by Crippen LogP contribution is 2.30. The summed E-state index contributed by atoms with van der Waals surface area (Å²) in [5.74, 6) is -0.399. The van der Waals surface area contributed by atoms with E-state index >= 15 is 0 Å². The first-order chi connectivity index (χ1) is 12.9. The summed E-state index contributed by atoms with van der Waals surface area (Å²) in [7, 11) is 0.253. The Hall–Kier alpha value is -2.16. The van der Waals surface area contributed by atoms with E-state index in [0.29, 0.717) is 24.8 Å². The van der Waals surface area contributed by atoms with Crippen LogP contribution in [0.2, 0.25) is 0 Å². The number of hydrogen-bond donors (Lipinski definition) is 3. The molecular formula is C19H27N3O4S. The van der Waals surface area contributed by atoms with E-state index in [4.69, 9.17) is 5.21 Å². The van der Waals surface area contributed by atoms with E-state index in [1.165, 1.54) is 0 Å². The lowest BCUT2D eigenvalue weighted by atomic mass is 10.1. The highest BCUT2D eigenvalue weighted by Gasteiger charge is 2.17. The molecule has 3 N–H and O–H groups in total. The van der Waals surface area contributed by atoms with Gasteiger partial charge in [0.2, 0.25) is 15.9 Å². The second kappa shape index (κ2) is 9.68. The zero-order valence-electron chi connectivity index (χ0n) is 15.7. The van der Waals surface area contributed by atoms with Crippen molar-refractivity contribution >= 4 is 32.4 Å². The average Bonchev–Trinajstić information content (AvgIpc) is 2.65. The van der Waals surface area contributed by atoms with Crippen molar-refractivity contribution in [3.05, 3.63) is 36.4 Å². The monoisotopic (exact) mass is 393 g/mol. The summed E-state index contributed by atoms with van der Waals surface area (Å²) in [6.07, 6.45) is 3.23. The van der Waals surface area contributed by atoms with E-state index in [2.05, 4.69) is 4.72 Å². The summed E-state index contributed by atoms with van der Waals surface area (Å²) in [5, 5.41) is 10.0. The number of fused-ring (bicyclic) bond motifs is 1. The fourth-order valence-corrected chi connectivity index (χ4v) is 4.29. The Balaban J connectivity index is 1.99. The largest absolute Gasteiger partial charge is 0.377 e. The van der Waals surface area contributed by atoms with Gasteiger partial charge in [0.1, 0.15) is 0 Å². The maximum Gasteiger partial charge on any atom is 0.243 e. The van der Waals surface area contributed by atoms with Gasteiger partial charge in [-0.1, -0.05) is 37.1 Å². The van der Waals surface area contributed by atoms with Crippen molar-refractivity contribution in [3.8, 4) is 0 Å². The van der Waals surface area contributed by atoms with Crippen molar-refractivity contribution in [1.29, 1.82) is 0 Å². The number of nitrogens with zero attached hydrogens (tertiary/aromatic N) is 1. The van der Waals surface area contributed by atoms with Crippen LogP contribution in [-0.4, -0.2) is 40.2 Å². The van der Waals surface area contributed by atoms with Gasteiger partial charge in [0.25, 0.3) is 0 Å². The Morgan fingerprint density at radius 2 is 1.67 bits per heavy atom. The number of nitrogens with one attached hydrogen (secondary N) is 2. The van der Waals surface area contributed by atoms with Crippen LogP contribution >= 0.6 is 0 Å². The number of rotatable bonds is 10. The summed E-state index contributed by atoms with van der Waals surface area (Å²) >= 11 is 0. The second-order valence-electron chi connectivity index (χ2n) is 6.62. The van der Waals surface area contributed by atoms with Crippen LogP contribution in [0.4, 0.5) is 5.69 Å². The van der Waals surface area contributed by atoms with Crippen molar-refractivity contribution in [2.45, 2.75) is 37.0 Å². The molecule has 0 aromatic heterocycles. The number of unbranched alkanes of at least 4 members (excludes halogenated alkanes) is 3. The lowest BCUT2D eigenvalue weighted by molar-refractivity contribution is -0.129. The van der Waals surface area contributed by atoms with Crippen LogP contribution in [0.25, 0.3) is 10.8 Å². The highest BCUT2D eigenvalue weighted by atomic mass is 32.2. The zero-order chi connectivity index (χ0) is 19.9. The topological polar surface area (TPSA) is 98.7 Å². The first kappa shape index (κ1) is 21.1. The molecule has 2 rings (SSSR count). The first-order valence-electron chi connectivity index (χ1n) is 8.98. The molecule has 0 saturated carbocycles. The Morgan fingerprint density at radius 1 is 1.00 bits per heavy atom. The molecule has 0 aliphatic heterocycles. The molecule has 0 spiro atoms. The summed E-state index contributed by atoms with van der Waals surface area (Å²) in [6.45, 7) is 0.346. The molecule has 0 unspecified atom stereocenters. The van der Waals surface area contributed by atoms with E-state index in [-0.39, 0.29) is 11.3 Å². The van der Waals surface area contributed by atoms with E-state index < -0.39 is 15.9 Å². The van der Waals surface area contributed by atoms with Gasteiger partial charge in [0.05, 0.1) is 4.90 Å². The lowest BCUT2D eigenvalue weighted by Crippen LogP contribution is -2.25. The van der Waals surface area contributed by atoms with Gasteiger partial charge < -0.3 is 4.90 Å². The van der Waals surface area contributed by atoms with Crippen LogP contribution in [0.5, 0.6) is 0 Å². The highest BCUT2D eigenvalue weighted by molar-refractivity contribution is 7.89. The summed E-state index contributed by atoms with van der Waals surface area (Å²) < 4.78 is 28.1. The third-order valence-corrected chi connectivity index (χ3v) is 5.90. The third-order valence-electron chi connectivity index (χ3n) is 4.38. The number of anilines is 1. The van der Waals surface area contributed by atoms with Crippen molar-refractivity contribution < 1.29 is 18.4 Å². The quantitative estimate of drug-likeness (QED) is 0.327. The molecule has 1 amide bonds. The normalized spacial score (nSPS) is 11.5. The fourth-order valence-electron chi connectivity index (χ4n) is 2.99. The molecular weight excluding hydrogens is 366 g/mol. The summed E-state index contributed by atoms with van der Waals surface area (Å²) in [6, 6.07) is 10.9. The summed E-state index contributed by atoms with van der Waals surface area (Å²) in [5.41, 5.74) is 2.57.